The second kappa shape index (κ2) is 6.58. The van der Waals surface area contributed by atoms with Crippen LogP contribution in [0.5, 0.6) is 17.2 Å². The first-order chi connectivity index (χ1) is 11.6. The van der Waals surface area contributed by atoms with E-state index in [0.717, 1.165) is 11.3 Å². The Morgan fingerprint density at radius 2 is 1.83 bits per heavy atom. The summed E-state index contributed by atoms with van der Waals surface area (Å²) in [5.74, 6) is 1.10. The van der Waals surface area contributed by atoms with Crippen molar-refractivity contribution in [2.45, 2.75) is 13.8 Å². The molecule has 0 saturated heterocycles. The fourth-order valence-electron chi connectivity index (χ4n) is 2.38. The fourth-order valence-corrected chi connectivity index (χ4v) is 2.38. The van der Waals surface area contributed by atoms with Gasteiger partial charge in [0.05, 0.1) is 12.2 Å². The van der Waals surface area contributed by atoms with E-state index >= 15 is 0 Å². The highest BCUT2D eigenvalue weighted by Gasteiger charge is 2.27. The van der Waals surface area contributed by atoms with Gasteiger partial charge in [-0.25, -0.2) is 0 Å². The highest BCUT2D eigenvalue weighted by Crippen LogP contribution is 2.35. The maximum atomic E-state index is 12.4. The summed E-state index contributed by atoms with van der Waals surface area (Å²) in [6.45, 7) is 3.83. The Hall–Kier alpha value is -3.08. The maximum absolute atomic E-state index is 12.4. The SMILES string of the molecule is CCOc1ccc(/C=C2\Oc3cc(OC(C)=O)ccc3C2=O)cc1. The van der Waals surface area contributed by atoms with Gasteiger partial charge in [-0.1, -0.05) is 12.1 Å². The summed E-state index contributed by atoms with van der Waals surface area (Å²) in [4.78, 5) is 23.4. The number of fused-ring (bicyclic) bond motifs is 1. The minimum Gasteiger partial charge on any atom is -0.494 e. The summed E-state index contributed by atoms with van der Waals surface area (Å²) in [5.41, 5.74) is 1.28. The molecule has 0 fully saturated rings. The lowest BCUT2D eigenvalue weighted by Crippen LogP contribution is -2.01. The molecule has 5 nitrogen and oxygen atoms in total. The largest absolute Gasteiger partial charge is 0.494 e. The van der Waals surface area contributed by atoms with Gasteiger partial charge in [-0.15, -0.1) is 0 Å². The molecule has 0 unspecified atom stereocenters. The third-order valence-corrected chi connectivity index (χ3v) is 3.39. The van der Waals surface area contributed by atoms with Crippen LogP contribution >= 0.6 is 0 Å². The Bertz CT molecular complexity index is 818. The van der Waals surface area contributed by atoms with Crippen LogP contribution in [0, 0.1) is 0 Å². The monoisotopic (exact) mass is 324 g/mol. The molecule has 3 rings (SSSR count). The second-order valence-corrected chi connectivity index (χ2v) is 5.19. The molecule has 5 heteroatoms. The molecule has 0 bridgehead atoms. The number of allylic oxidation sites excluding steroid dienone is 1. The van der Waals surface area contributed by atoms with Crippen LogP contribution in [0.3, 0.4) is 0 Å². The normalized spacial score (nSPS) is 14.2. The van der Waals surface area contributed by atoms with Gasteiger partial charge in [0.2, 0.25) is 5.78 Å². The van der Waals surface area contributed by atoms with E-state index in [1.165, 1.54) is 13.0 Å². The molecule has 0 atom stereocenters. The van der Waals surface area contributed by atoms with Crippen LogP contribution in [0.2, 0.25) is 0 Å². The third-order valence-electron chi connectivity index (χ3n) is 3.39. The van der Waals surface area contributed by atoms with Crippen molar-refractivity contribution in [3.8, 4) is 17.2 Å². The van der Waals surface area contributed by atoms with E-state index in [2.05, 4.69) is 0 Å². The molecule has 0 aliphatic carbocycles. The molecule has 2 aromatic rings. The topological polar surface area (TPSA) is 61.8 Å². The van der Waals surface area contributed by atoms with Crippen LogP contribution in [0.4, 0.5) is 0 Å². The lowest BCUT2D eigenvalue weighted by atomic mass is 10.1. The van der Waals surface area contributed by atoms with Crippen molar-refractivity contribution in [3.63, 3.8) is 0 Å². The first-order valence-electron chi connectivity index (χ1n) is 7.56. The van der Waals surface area contributed by atoms with Gasteiger partial charge in [0.1, 0.15) is 17.2 Å². The fraction of sp³-hybridized carbons (Fsp3) is 0.158. The number of ketones is 1. The summed E-state index contributed by atoms with van der Waals surface area (Å²) in [6, 6.07) is 12.1. The summed E-state index contributed by atoms with van der Waals surface area (Å²) >= 11 is 0. The van der Waals surface area contributed by atoms with Crippen molar-refractivity contribution < 1.29 is 23.8 Å². The summed E-state index contributed by atoms with van der Waals surface area (Å²) in [6.07, 6.45) is 1.67. The highest BCUT2D eigenvalue weighted by molar-refractivity contribution is 6.14. The van der Waals surface area contributed by atoms with Gasteiger partial charge in [0, 0.05) is 13.0 Å². The third kappa shape index (κ3) is 3.30. The Morgan fingerprint density at radius 1 is 1.12 bits per heavy atom. The van der Waals surface area contributed by atoms with Gasteiger partial charge in [0.15, 0.2) is 5.76 Å². The van der Waals surface area contributed by atoms with Crippen molar-refractivity contribution in [1.29, 1.82) is 0 Å². The van der Waals surface area contributed by atoms with Crippen LogP contribution < -0.4 is 14.2 Å². The number of Topliss-reactive ketones (excluding diaryl/α,β-unsaturated/α-hetero) is 1. The minimum absolute atomic E-state index is 0.201. The van der Waals surface area contributed by atoms with Gasteiger partial charge in [0.25, 0.3) is 0 Å². The molecule has 1 heterocycles. The number of carbonyl (C=O) groups is 2. The van der Waals surface area contributed by atoms with Crippen molar-refractivity contribution in [2.24, 2.45) is 0 Å². The van der Waals surface area contributed by atoms with Crippen LogP contribution in [0.1, 0.15) is 29.8 Å². The van der Waals surface area contributed by atoms with Gasteiger partial charge in [-0.3, -0.25) is 9.59 Å². The highest BCUT2D eigenvalue weighted by atomic mass is 16.5. The van der Waals surface area contributed by atoms with E-state index in [4.69, 9.17) is 14.2 Å². The molecule has 0 saturated carbocycles. The lowest BCUT2D eigenvalue weighted by molar-refractivity contribution is -0.131. The zero-order valence-corrected chi connectivity index (χ0v) is 13.4. The summed E-state index contributed by atoms with van der Waals surface area (Å²) in [7, 11) is 0. The summed E-state index contributed by atoms with van der Waals surface area (Å²) < 4.78 is 16.0. The molecule has 1 aliphatic rings. The van der Waals surface area contributed by atoms with Crippen LogP contribution in [-0.2, 0) is 4.79 Å². The Labute approximate surface area is 139 Å². The first kappa shape index (κ1) is 15.8. The van der Waals surface area contributed by atoms with Crippen LogP contribution in [0.25, 0.3) is 6.08 Å². The zero-order chi connectivity index (χ0) is 17.1. The van der Waals surface area contributed by atoms with E-state index in [1.54, 1.807) is 18.2 Å². The van der Waals surface area contributed by atoms with E-state index in [0.29, 0.717) is 23.7 Å². The van der Waals surface area contributed by atoms with Crippen LogP contribution in [-0.4, -0.2) is 18.4 Å². The van der Waals surface area contributed by atoms with Gasteiger partial charge in [-0.2, -0.15) is 0 Å². The molecule has 2 aromatic carbocycles. The predicted octanol–water partition coefficient (Wildman–Crippen LogP) is 3.63. The number of ether oxygens (including phenoxy) is 3. The van der Waals surface area contributed by atoms with Crippen molar-refractivity contribution in [2.75, 3.05) is 6.61 Å². The number of carbonyl (C=O) groups excluding carboxylic acids is 2. The number of hydrogen-bond donors (Lipinski definition) is 0. The predicted molar refractivity (Wildman–Crippen MR) is 88.3 cm³/mol. The molecule has 122 valence electrons. The number of rotatable bonds is 4. The molecular weight excluding hydrogens is 308 g/mol. The molecule has 0 N–H and O–H groups in total. The molecular formula is C19H16O5. The lowest BCUT2D eigenvalue weighted by Gasteiger charge is -2.03. The zero-order valence-electron chi connectivity index (χ0n) is 13.4. The molecule has 0 spiro atoms. The molecule has 0 aromatic heterocycles. The van der Waals surface area contributed by atoms with Gasteiger partial charge >= 0.3 is 5.97 Å². The van der Waals surface area contributed by atoms with E-state index < -0.39 is 5.97 Å². The molecule has 1 aliphatic heterocycles. The first-order valence-corrected chi connectivity index (χ1v) is 7.56. The van der Waals surface area contributed by atoms with E-state index in [-0.39, 0.29) is 11.5 Å². The Kier molecular flexibility index (Phi) is 4.33. The van der Waals surface area contributed by atoms with E-state index in [1.807, 2.05) is 31.2 Å². The molecule has 0 amide bonds. The average molecular weight is 324 g/mol. The second-order valence-electron chi connectivity index (χ2n) is 5.19. The maximum Gasteiger partial charge on any atom is 0.308 e. The number of hydrogen-bond acceptors (Lipinski definition) is 5. The molecule has 0 radical (unpaired) electrons. The molecule has 24 heavy (non-hydrogen) atoms. The smallest absolute Gasteiger partial charge is 0.308 e. The van der Waals surface area contributed by atoms with Crippen molar-refractivity contribution in [1.82, 2.24) is 0 Å². The Balaban J connectivity index is 1.83. The summed E-state index contributed by atoms with van der Waals surface area (Å²) in [5, 5.41) is 0. The van der Waals surface area contributed by atoms with Crippen molar-refractivity contribution >= 4 is 17.8 Å². The minimum atomic E-state index is -0.426. The van der Waals surface area contributed by atoms with Crippen molar-refractivity contribution in [3.05, 3.63) is 59.4 Å². The quantitative estimate of drug-likeness (QED) is 0.488. The standard InChI is InChI=1S/C19H16O5/c1-3-22-14-6-4-13(5-7-14)10-18-19(21)16-9-8-15(23-12(2)20)11-17(16)24-18/h4-11H,3H2,1-2H3/b18-10-. The van der Waals surface area contributed by atoms with E-state index in [9.17, 15) is 9.59 Å². The Morgan fingerprint density at radius 3 is 2.50 bits per heavy atom. The number of esters is 1. The average Bonchev–Trinajstić information content (AvgIpc) is 2.84. The van der Waals surface area contributed by atoms with Gasteiger partial charge < -0.3 is 14.2 Å². The number of benzene rings is 2. The van der Waals surface area contributed by atoms with Crippen LogP contribution in [0.15, 0.2) is 48.2 Å². The van der Waals surface area contributed by atoms with Gasteiger partial charge in [-0.05, 0) is 42.8 Å².